The van der Waals surface area contributed by atoms with Crippen LogP contribution in [0.1, 0.15) is 62.9 Å². The lowest BCUT2D eigenvalue weighted by Gasteiger charge is -2.11. The zero-order valence-corrected chi connectivity index (χ0v) is 19.2. The Balaban J connectivity index is 1.73. The summed E-state index contributed by atoms with van der Waals surface area (Å²) in [6.07, 6.45) is 5.60. The molecule has 1 aliphatic carbocycles. The molecule has 31 heavy (non-hydrogen) atoms. The van der Waals surface area contributed by atoms with Crippen LogP contribution in [0.25, 0.3) is 5.69 Å². The third kappa shape index (κ3) is 4.02. The Morgan fingerprint density at radius 2 is 2.00 bits per heavy atom. The number of nitrogens with one attached hydrogen (secondary N) is 1. The Hall–Kier alpha value is -2.93. The first kappa shape index (κ1) is 21.3. The number of nitrogens with zero attached hydrogens (tertiary/aromatic N) is 2. The maximum absolute atomic E-state index is 13.1. The van der Waals surface area contributed by atoms with Crippen LogP contribution in [-0.4, -0.2) is 28.6 Å². The summed E-state index contributed by atoms with van der Waals surface area (Å²) in [7, 11) is 0. The summed E-state index contributed by atoms with van der Waals surface area (Å²) < 4.78 is 6.83. The molecule has 0 atom stereocenters. The van der Waals surface area contributed by atoms with Gasteiger partial charge in [0.25, 0.3) is 5.56 Å². The van der Waals surface area contributed by atoms with Crippen molar-refractivity contribution in [3.05, 3.63) is 66.9 Å². The minimum Gasteiger partial charge on any atom is -0.462 e. The summed E-state index contributed by atoms with van der Waals surface area (Å²) in [6, 6.07) is 5.91. The van der Waals surface area contributed by atoms with Crippen LogP contribution in [0.15, 0.2) is 28.0 Å². The number of rotatable bonds is 5. The fourth-order valence-corrected chi connectivity index (χ4v) is 5.16. The predicted molar refractivity (Wildman–Crippen MR) is 125 cm³/mol. The number of benzene rings is 1. The molecule has 2 aromatic heterocycles. The zero-order chi connectivity index (χ0) is 22.1. The monoisotopic (exact) mass is 437 g/mol. The summed E-state index contributed by atoms with van der Waals surface area (Å²) in [6.45, 7) is 8.05. The minimum absolute atomic E-state index is 0.163. The molecule has 6 nitrogen and oxygen atoms in total. The molecule has 0 aliphatic heterocycles. The molecule has 0 bridgehead atoms. The van der Waals surface area contributed by atoms with Crippen LogP contribution in [-0.2, 0) is 17.6 Å². The average molecular weight is 438 g/mol. The summed E-state index contributed by atoms with van der Waals surface area (Å²) >= 11 is 1.54. The van der Waals surface area contributed by atoms with E-state index in [4.69, 9.17) is 4.74 Å². The summed E-state index contributed by atoms with van der Waals surface area (Å²) in [5, 5.41) is 3.77. The molecule has 7 heteroatoms. The predicted octanol–water partition coefficient (Wildman–Crippen LogP) is 4.96. The number of aryl methyl sites for hydroxylation is 4. The maximum atomic E-state index is 13.1. The number of carbonyl (C=O) groups excluding carboxylic acids is 1. The van der Waals surface area contributed by atoms with Gasteiger partial charge in [-0.05, 0) is 82.2 Å². The van der Waals surface area contributed by atoms with Crippen molar-refractivity contribution >= 4 is 28.5 Å². The van der Waals surface area contributed by atoms with Gasteiger partial charge in [0.2, 0.25) is 0 Å². The lowest BCUT2D eigenvalue weighted by Crippen LogP contribution is -2.17. The van der Waals surface area contributed by atoms with Crippen molar-refractivity contribution in [1.82, 2.24) is 9.78 Å². The molecule has 0 unspecified atom stereocenters. The zero-order valence-electron chi connectivity index (χ0n) is 18.4. The second kappa shape index (κ2) is 8.67. The van der Waals surface area contributed by atoms with E-state index in [0.717, 1.165) is 48.2 Å². The van der Waals surface area contributed by atoms with Crippen LogP contribution < -0.4 is 5.56 Å². The van der Waals surface area contributed by atoms with Gasteiger partial charge in [-0.2, -0.15) is 0 Å². The highest BCUT2D eigenvalue weighted by Gasteiger charge is 2.26. The van der Waals surface area contributed by atoms with Crippen molar-refractivity contribution in [2.45, 2.75) is 53.4 Å². The number of esters is 1. The van der Waals surface area contributed by atoms with E-state index in [9.17, 15) is 9.59 Å². The number of thiophene rings is 1. The molecule has 0 spiro atoms. The second-order valence-electron chi connectivity index (χ2n) is 7.93. The van der Waals surface area contributed by atoms with Gasteiger partial charge in [-0.15, -0.1) is 11.3 Å². The Morgan fingerprint density at radius 1 is 1.23 bits per heavy atom. The van der Waals surface area contributed by atoms with E-state index < -0.39 is 0 Å². The number of aromatic amines is 1. The molecule has 0 radical (unpaired) electrons. The van der Waals surface area contributed by atoms with Crippen LogP contribution >= 0.6 is 11.3 Å². The minimum atomic E-state index is -0.326. The lowest BCUT2D eigenvalue weighted by atomic mass is 9.95. The summed E-state index contributed by atoms with van der Waals surface area (Å²) in [4.78, 5) is 31.5. The third-order valence-electron chi connectivity index (χ3n) is 5.81. The number of hydrogen-bond donors (Lipinski definition) is 1. The first-order valence-electron chi connectivity index (χ1n) is 10.7. The number of ether oxygens (including phenoxy) is 1. The van der Waals surface area contributed by atoms with Crippen molar-refractivity contribution in [3.8, 4) is 5.69 Å². The Kier molecular flexibility index (Phi) is 5.96. The number of hydrogen-bond acceptors (Lipinski definition) is 5. The maximum Gasteiger partial charge on any atom is 0.341 e. The molecule has 4 rings (SSSR count). The molecule has 0 saturated heterocycles. The highest BCUT2D eigenvalue weighted by atomic mass is 32.1. The summed E-state index contributed by atoms with van der Waals surface area (Å²) in [5.74, 6) is -0.326. The van der Waals surface area contributed by atoms with Crippen molar-refractivity contribution in [3.63, 3.8) is 0 Å². The molecule has 1 N–H and O–H groups in total. The number of aliphatic imine (C=N–C) groups is 1. The molecule has 1 aliphatic rings. The van der Waals surface area contributed by atoms with Gasteiger partial charge in [0.15, 0.2) is 0 Å². The summed E-state index contributed by atoms with van der Waals surface area (Å²) in [5.41, 5.74) is 5.77. The largest absolute Gasteiger partial charge is 0.462 e. The fourth-order valence-electron chi connectivity index (χ4n) is 3.94. The Morgan fingerprint density at radius 3 is 2.74 bits per heavy atom. The first-order valence-corrected chi connectivity index (χ1v) is 11.5. The quantitative estimate of drug-likeness (QED) is 0.453. The van der Waals surface area contributed by atoms with Gasteiger partial charge in [-0.25, -0.2) is 14.5 Å². The van der Waals surface area contributed by atoms with Gasteiger partial charge < -0.3 is 4.74 Å². The molecular formula is C24H27N3O3S. The first-order chi connectivity index (χ1) is 14.9. The van der Waals surface area contributed by atoms with E-state index in [0.29, 0.717) is 22.7 Å². The molecule has 1 aromatic carbocycles. The van der Waals surface area contributed by atoms with Gasteiger partial charge >= 0.3 is 5.97 Å². The van der Waals surface area contributed by atoms with E-state index in [1.165, 1.54) is 26.5 Å². The fraction of sp³-hybridized carbons (Fsp3) is 0.375. The van der Waals surface area contributed by atoms with Gasteiger partial charge in [-0.3, -0.25) is 9.89 Å². The number of H-pyrrole nitrogens is 1. The lowest BCUT2D eigenvalue weighted by molar-refractivity contribution is 0.0526. The van der Waals surface area contributed by atoms with Gasteiger partial charge in [-0.1, -0.05) is 6.07 Å². The van der Waals surface area contributed by atoms with Crippen molar-refractivity contribution in [1.29, 1.82) is 0 Å². The average Bonchev–Trinajstić information content (AvgIpc) is 3.25. The van der Waals surface area contributed by atoms with E-state index in [1.807, 2.05) is 39.0 Å². The molecule has 0 amide bonds. The van der Waals surface area contributed by atoms with Crippen LogP contribution in [0, 0.1) is 20.8 Å². The Bertz CT molecular complexity index is 1230. The van der Waals surface area contributed by atoms with Crippen molar-refractivity contribution in [2.75, 3.05) is 6.61 Å². The number of carbonyl (C=O) groups is 1. The standard InChI is InChI=1S/C24H27N3O3S/c1-5-30-24(29)21-18-8-6-7-9-20(18)31-22(21)25-13-19-16(4)26-27(23(19)28)17-11-10-14(2)15(3)12-17/h10-13,26H,5-9H2,1-4H3/b25-13+. The second-order valence-corrected chi connectivity index (χ2v) is 9.01. The molecule has 0 fully saturated rings. The van der Waals surface area contributed by atoms with Crippen LogP contribution in [0.5, 0.6) is 0 Å². The molecule has 162 valence electrons. The van der Waals surface area contributed by atoms with Crippen molar-refractivity contribution in [2.24, 2.45) is 4.99 Å². The van der Waals surface area contributed by atoms with Crippen molar-refractivity contribution < 1.29 is 9.53 Å². The molecule has 3 aromatic rings. The number of aromatic nitrogens is 2. The van der Waals surface area contributed by atoms with Gasteiger partial charge in [0.1, 0.15) is 5.00 Å². The van der Waals surface area contributed by atoms with Crippen LogP contribution in [0.3, 0.4) is 0 Å². The highest BCUT2D eigenvalue weighted by Crippen LogP contribution is 2.40. The van der Waals surface area contributed by atoms with E-state index in [-0.39, 0.29) is 11.5 Å². The smallest absolute Gasteiger partial charge is 0.341 e. The molecule has 2 heterocycles. The number of fused-ring (bicyclic) bond motifs is 1. The van der Waals surface area contributed by atoms with Gasteiger partial charge in [0, 0.05) is 16.8 Å². The Labute approximate surface area is 185 Å². The molecule has 0 saturated carbocycles. The molecular weight excluding hydrogens is 410 g/mol. The van der Waals surface area contributed by atoms with E-state index in [2.05, 4.69) is 10.1 Å². The van der Waals surface area contributed by atoms with Gasteiger partial charge in [0.05, 0.1) is 23.4 Å². The topological polar surface area (TPSA) is 76.4 Å². The SMILES string of the molecule is CCOC(=O)c1c(/N=C/c2c(C)[nH]n(-c3ccc(C)c(C)c3)c2=O)sc2c1CCCC2. The highest BCUT2D eigenvalue weighted by molar-refractivity contribution is 7.16. The van der Waals surface area contributed by atoms with Crippen LogP contribution in [0.2, 0.25) is 0 Å². The van der Waals surface area contributed by atoms with E-state index >= 15 is 0 Å². The van der Waals surface area contributed by atoms with Crippen LogP contribution in [0.4, 0.5) is 5.00 Å². The third-order valence-corrected chi connectivity index (χ3v) is 7.01. The van der Waals surface area contributed by atoms with E-state index in [1.54, 1.807) is 13.1 Å². The normalized spacial score (nSPS) is 13.5.